The van der Waals surface area contributed by atoms with Gasteiger partial charge in [0.05, 0.1) is 6.54 Å². The van der Waals surface area contributed by atoms with Gasteiger partial charge in [0.2, 0.25) is 0 Å². The lowest BCUT2D eigenvalue weighted by Crippen LogP contribution is -2.42. The smallest absolute Gasteiger partial charge is 0.317 e. The molecule has 0 spiro atoms. The summed E-state index contributed by atoms with van der Waals surface area (Å²) in [4.78, 5) is 20.8. The Labute approximate surface area is 139 Å². The molecular formula is C17H31N5O. The van der Waals surface area contributed by atoms with Gasteiger partial charge in [-0.25, -0.2) is 9.78 Å². The number of carbonyl (C=O) groups excluding carboxylic acids is 1. The Hall–Kier alpha value is -1.56. The summed E-state index contributed by atoms with van der Waals surface area (Å²) in [5.41, 5.74) is 0.215. The van der Waals surface area contributed by atoms with Gasteiger partial charge in [-0.2, -0.15) is 0 Å². The van der Waals surface area contributed by atoms with E-state index < -0.39 is 0 Å². The summed E-state index contributed by atoms with van der Waals surface area (Å²) in [6.07, 6.45) is 4.88. The van der Waals surface area contributed by atoms with E-state index in [1.54, 1.807) is 11.1 Å². The van der Waals surface area contributed by atoms with Gasteiger partial charge in [0, 0.05) is 44.6 Å². The fourth-order valence-electron chi connectivity index (χ4n) is 3.04. The Kier molecular flexibility index (Phi) is 5.68. The third-order valence-electron chi connectivity index (χ3n) is 4.64. The molecule has 23 heavy (non-hydrogen) atoms. The SMILES string of the molecule is CCn1ccnc1CN(C)C(=O)NC[C@@H]1CCN(C(C)(C)C)C1. The average Bonchev–Trinajstić information content (AvgIpc) is 3.12. The second kappa shape index (κ2) is 7.34. The van der Waals surface area contributed by atoms with Gasteiger partial charge in [0.15, 0.2) is 0 Å². The minimum absolute atomic E-state index is 0.0233. The molecule has 2 amide bonds. The van der Waals surface area contributed by atoms with Crippen LogP contribution in [-0.2, 0) is 13.1 Å². The van der Waals surface area contributed by atoms with Crippen molar-refractivity contribution in [3.63, 3.8) is 0 Å². The van der Waals surface area contributed by atoms with E-state index in [9.17, 15) is 4.79 Å². The number of rotatable bonds is 5. The number of amides is 2. The first-order valence-electron chi connectivity index (χ1n) is 8.55. The van der Waals surface area contributed by atoms with Crippen LogP contribution in [-0.4, -0.2) is 57.6 Å². The second-order valence-electron chi connectivity index (χ2n) is 7.44. The molecule has 6 heteroatoms. The van der Waals surface area contributed by atoms with Crippen LogP contribution in [0.3, 0.4) is 0 Å². The molecule has 1 N–H and O–H groups in total. The molecule has 1 saturated heterocycles. The fourth-order valence-corrected chi connectivity index (χ4v) is 3.04. The Balaban J connectivity index is 1.77. The van der Waals surface area contributed by atoms with Gasteiger partial charge < -0.3 is 14.8 Å². The third-order valence-corrected chi connectivity index (χ3v) is 4.64. The molecule has 0 saturated carbocycles. The van der Waals surface area contributed by atoms with Gasteiger partial charge in [0.1, 0.15) is 5.82 Å². The number of likely N-dealkylation sites (tertiary alicyclic amines) is 1. The molecule has 1 aliphatic heterocycles. The van der Waals surface area contributed by atoms with E-state index in [0.717, 1.165) is 38.4 Å². The number of urea groups is 1. The number of carbonyl (C=O) groups is 1. The van der Waals surface area contributed by atoms with Crippen LogP contribution in [0.15, 0.2) is 12.4 Å². The zero-order chi connectivity index (χ0) is 17.0. The minimum atomic E-state index is -0.0233. The molecular weight excluding hydrogens is 290 g/mol. The zero-order valence-electron chi connectivity index (χ0n) is 15.2. The number of imidazole rings is 1. The van der Waals surface area contributed by atoms with Crippen LogP contribution in [0.5, 0.6) is 0 Å². The molecule has 1 aliphatic rings. The number of aromatic nitrogens is 2. The van der Waals surface area contributed by atoms with E-state index in [1.807, 2.05) is 13.2 Å². The van der Waals surface area contributed by atoms with E-state index in [2.05, 4.69) is 47.5 Å². The van der Waals surface area contributed by atoms with Crippen molar-refractivity contribution in [1.82, 2.24) is 24.7 Å². The number of nitrogens with one attached hydrogen (secondary N) is 1. The van der Waals surface area contributed by atoms with Crippen LogP contribution in [0.25, 0.3) is 0 Å². The van der Waals surface area contributed by atoms with Gasteiger partial charge in [-0.3, -0.25) is 4.90 Å². The van der Waals surface area contributed by atoms with Gasteiger partial charge in [-0.1, -0.05) is 0 Å². The fraction of sp³-hybridized carbons (Fsp3) is 0.765. The summed E-state index contributed by atoms with van der Waals surface area (Å²) in [5, 5.41) is 3.07. The van der Waals surface area contributed by atoms with Crippen LogP contribution in [0.2, 0.25) is 0 Å². The molecule has 0 aromatic carbocycles. The number of aryl methyl sites for hydroxylation is 1. The lowest BCUT2D eigenvalue weighted by molar-refractivity contribution is 0.167. The number of hydrogen-bond donors (Lipinski definition) is 1. The van der Waals surface area contributed by atoms with Crippen molar-refractivity contribution in [1.29, 1.82) is 0 Å². The summed E-state index contributed by atoms with van der Waals surface area (Å²) in [6.45, 7) is 13.2. The average molecular weight is 321 g/mol. The van der Waals surface area contributed by atoms with Crippen LogP contribution >= 0.6 is 0 Å². The second-order valence-corrected chi connectivity index (χ2v) is 7.44. The summed E-state index contributed by atoms with van der Waals surface area (Å²) >= 11 is 0. The number of hydrogen-bond acceptors (Lipinski definition) is 3. The molecule has 0 unspecified atom stereocenters. The van der Waals surface area contributed by atoms with Crippen molar-refractivity contribution >= 4 is 6.03 Å². The van der Waals surface area contributed by atoms with E-state index in [1.165, 1.54) is 0 Å². The first-order valence-corrected chi connectivity index (χ1v) is 8.55. The minimum Gasteiger partial charge on any atom is -0.338 e. The Morgan fingerprint density at radius 3 is 2.83 bits per heavy atom. The van der Waals surface area contributed by atoms with Gasteiger partial charge in [0.25, 0.3) is 0 Å². The zero-order valence-corrected chi connectivity index (χ0v) is 15.2. The van der Waals surface area contributed by atoms with Crippen molar-refractivity contribution in [2.24, 2.45) is 5.92 Å². The molecule has 6 nitrogen and oxygen atoms in total. The monoisotopic (exact) mass is 321 g/mol. The summed E-state index contributed by atoms with van der Waals surface area (Å²) in [6, 6.07) is -0.0233. The molecule has 1 aromatic rings. The van der Waals surface area contributed by atoms with Crippen LogP contribution in [0.1, 0.15) is 39.9 Å². The van der Waals surface area contributed by atoms with E-state index in [-0.39, 0.29) is 11.6 Å². The van der Waals surface area contributed by atoms with Crippen LogP contribution in [0.4, 0.5) is 4.79 Å². The van der Waals surface area contributed by atoms with Crippen LogP contribution < -0.4 is 5.32 Å². The van der Waals surface area contributed by atoms with Crippen molar-refractivity contribution in [3.05, 3.63) is 18.2 Å². The highest BCUT2D eigenvalue weighted by molar-refractivity contribution is 5.73. The van der Waals surface area contributed by atoms with Crippen LogP contribution in [0, 0.1) is 5.92 Å². The molecule has 0 radical (unpaired) electrons. The summed E-state index contributed by atoms with van der Waals surface area (Å²) < 4.78 is 2.06. The van der Waals surface area contributed by atoms with Gasteiger partial charge >= 0.3 is 6.03 Å². The highest BCUT2D eigenvalue weighted by Gasteiger charge is 2.30. The molecule has 1 aromatic heterocycles. The van der Waals surface area contributed by atoms with Crippen molar-refractivity contribution in [2.75, 3.05) is 26.7 Å². The molecule has 1 fully saturated rings. The Morgan fingerprint density at radius 2 is 2.22 bits per heavy atom. The molecule has 130 valence electrons. The van der Waals surface area contributed by atoms with Crippen molar-refractivity contribution in [2.45, 2.75) is 52.7 Å². The summed E-state index contributed by atoms with van der Waals surface area (Å²) in [7, 11) is 1.82. The normalized spacial score (nSPS) is 19.1. The van der Waals surface area contributed by atoms with E-state index in [0.29, 0.717) is 12.5 Å². The predicted octanol–water partition coefficient (Wildman–Crippen LogP) is 2.16. The maximum absolute atomic E-state index is 12.3. The lowest BCUT2D eigenvalue weighted by Gasteiger charge is -2.31. The molecule has 2 rings (SSSR count). The Bertz CT molecular complexity index is 519. The maximum atomic E-state index is 12.3. The van der Waals surface area contributed by atoms with Crippen molar-refractivity contribution in [3.8, 4) is 0 Å². The largest absolute Gasteiger partial charge is 0.338 e. The Morgan fingerprint density at radius 1 is 1.48 bits per heavy atom. The molecule has 0 bridgehead atoms. The first-order chi connectivity index (χ1) is 10.8. The predicted molar refractivity (Wildman–Crippen MR) is 92.2 cm³/mol. The quantitative estimate of drug-likeness (QED) is 0.904. The maximum Gasteiger partial charge on any atom is 0.317 e. The number of nitrogens with zero attached hydrogens (tertiary/aromatic N) is 4. The van der Waals surface area contributed by atoms with Gasteiger partial charge in [-0.05, 0) is 46.6 Å². The van der Waals surface area contributed by atoms with E-state index >= 15 is 0 Å². The lowest BCUT2D eigenvalue weighted by atomic mass is 10.1. The van der Waals surface area contributed by atoms with E-state index in [4.69, 9.17) is 0 Å². The topological polar surface area (TPSA) is 53.4 Å². The summed E-state index contributed by atoms with van der Waals surface area (Å²) in [5.74, 6) is 1.47. The third kappa shape index (κ3) is 4.70. The molecule has 0 aliphatic carbocycles. The van der Waals surface area contributed by atoms with Crippen molar-refractivity contribution < 1.29 is 4.79 Å². The highest BCUT2D eigenvalue weighted by atomic mass is 16.2. The molecule has 2 heterocycles. The first kappa shape index (κ1) is 17.8. The molecule has 1 atom stereocenters. The highest BCUT2D eigenvalue weighted by Crippen LogP contribution is 2.23. The van der Waals surface area contributed by atoms with Gasteiger partial charge in [-0.15, -0.1) is 0 Å². The standard InChI is InChI=1S/C17H31N5O/c1-6-21-10-8-18-15(21)13-20(5)16(23)19-11-14-7-9-22(12-14)17(2,3)4/h8,10,14H,6-7,9,11-13H2,1-5H3,(H,19,23)/t14-/m0/s1.